The molecule has 0 N–H and O–H groups in total. The average Bonchev–Trinajstić information content (AvgIpc) is 2.28. The van der Waals surface area contributed by atoms with E-state index in [9.17, 15) is 13.2 Å². The average molecular weight is 437 g/mol. The highest BCUT2D eigenvalue weighted by atomic mass is 127. The van der Waals surface area contributed by atoms with Gasteiger partial charge in [0.15, 0.2) is 6.10 Å². The third-order valence-electron chi connectivity index (χ3n) is 2.60. The van der Waals surface area contributed by atoms with Crippen LogP contribution in [0.3, 0.4) is 0 Å². The Morgan fingerprint density at radius 2 is 1.89 bits per heavy atom. The van der Waals surface area contributed by atoms with Gasteiger partial charge >= 0.3 is 6.18 Å². The summed E-state index contributed by atoms with van der Waals surface area (Å²) >= 11 is 5.38. The molecule has 0 radical (unpaired) electrons. The van der Waals surface area contributed by atoms with E-state index in [-0.39, 0.29) is 0 Å². The Hall–Kier alpha value is 0.180. The standard InChI is InChI=1S/C12H13BrF3IO/c1-8(12(14,15)16)18-11(2,7-17)9-5-3-4-6-10(9)13/h3-6,8H,7H2,1-2H3. The van der Waals surface area contributed by atoms with Crippen molar-refractivity contribution in [2.45, 2.75) is 31.7 Å². The Kier molecular flexibility index (Phi) is 5.49. The van der Waals surface area contributed by atoms with Gasteiger partial charge in [-0.2, -0.15) is 13.2 Å². The third-order valence-corrected chi connectivity index (χ3v) is 4.74. The zero-order chi connectivity index (χ0) is 14.0. The lowest BCUT2D eigenvalue weighted by molar-refractivity contribution is -0.242. The van der Waals surface area contributed by atoms with Crippen LogP contribution in [0.5, 0.6) is 0 Å². The highest BCUT2D eigenvalue weighted by molar-refractivity contribution is 14.1. The molecule has 0 spiro atoms. The van der Waals surface area contributed by atoms with Gasteiger partial charge in [0, 0.05) is 8.90 Å². The molecule has 2 atom stereocenters. The maximum absolute atomic E-state index is 12.6. The van der Waals surface area contributed by atoms with Crippen LogP contribution in [-0.4, -0.2) is 16.7 Å². The Balaban J connectivity index is 3.04. The second-order valence-electron chi connectivity index (χ2n) is 4.15. The Morgan fingerprint density at radius 3 is 2.33 bits per heavy atom. The lowest BCUT2D eigenvalue weighted by Crippen LogP contribution is -2.39. The van der Waals surface area contributed by atoms with E-state index in [1.807, 2.05) is 28.7 Å². The van der Waals surface area contributed by atoms with Crippen molar-refractivity contribution in [3.8, 4) is 0 Å². The van der Waals surface area contributed by atoms with E-state index >= 15 is 0 Å². The van der Waals surface area contributed by atoms with Crippen molar-refractivity contribution in [1.82, 2.24) is 0 Å². The van der Waals surface area contributed by atoms with Crippen LogP contribution in [0.25, 0.3) is 0 Å². The molecule has 0 fully saturated rings. The summed E-state index contributed by atoms with van der Waals surface area (Å²) in [6.07, 6.45) is -6.15. The molecule has 0 aliphatic heterocycles. The van der Waals surface area contributed by atoms with Crippen LogP contribution >= 0.6 is 38.5 Å². The lowest BCUT2D eigenvalue weighted by atomic mass is 9.98. The molecule has 1 aromatic rings. The fourth-order valence-electron chi connectivity index (χ4n) is 1.51. The lowest BCUT2D eigenvalue weighted by Gasteiger charge is -2.33. The number of hydrogen-bond acceptors (Lipinski definition) is 1. The van der Waals surface area contributed by atoms with Gasteiger partial charge in [0.05, 0.1) is 0 Å². The molecule has 0 bridgehead atoms. The second kappa shape index (κ2) is 6.09. The van der Waals surface area contributed by atoms with E-state index in [0.717, 1.165) is 17.0 Å². The first-order valence-corrected chi connectivity index (χ1v) is 7.58. The van der Waals surface area contributed by atoms with Gasteiger partial charge < -0.3 is 4.74 Å². The first-order valence-electron chi connectivity index (χ1n) is 5.26. The predicted molar refractivity (Wildman–Crippen MR) is 77.0 cm³/mol. The molecule has 0 saturated carbocycles. The first kappa shape index (κ1) is 16.2. The quantitative estimate of drug-likeness (QED) is 0.473. The summed E-state index contributed by atoms with van der Waals surface area (Å²) in [7, 11) is 0. The topological polar surface area (TPSA) is 9.23 Å². The van der Waals surface area contributed by atoms with Crippen LogP contribution in [-0.2, 0) is 10.3 Å². The fraction of sp³-hybridized carbons (Fsp3) is 0.500. The minimum atomic E-state index is -4.35. The van der Waals surface area contributed by atoms with Crippen LogP contribution in [0.4, 0.5) is 13.2 Å². The highest BCUT2D eigenvalue weighted by Crippen LogP contribution is 2.37. The molecule has 0 aliphatic carbocycles. The largest absolute Gasteiger partial charge is 0.414 e. The molecule has 18 heavy (non-hydrogen) atoms. The summed E-state index contributed by atoms with van der Waals surface area (Å²) in [5.74, 6) is 0. The molecule has 0 saturated heterocycles. The smallest absolute Gasteiger partial charge is 0.357 e. The molecular weight excluding hydrogens is 424 g/mol. The van der Waals surface area contributed by atoms with Crippen molar-refractivity contribution in [3.05, 3.63) is 34.3 Å². The molecule has 0 aromatic heterocycles. The van der Waals surface area contributed by atoms with Crippen molar-refractivity contribution in [2.75, 3.05) is 4.43 Å². The van der Waals surface area contributed by atoms with Crippen molar-refractivity contribution >= 4 is 38.5 Å². The first-order chi connectivity index (χ1) is 8.20. The normalized spacial score (nSPS) is 17.3. The van der Waals surface area contributed by atoms with Crippen LogP contribution in [0.15, 0.2) is 28.7 Å². The van der Waals surface area contributed by atoms with E-state index in [0.29, 0.717) is 4.43 Å². The minimum Gasteiger partial charge on any atom is -0.357 e. The van der Waals surface area contributed by atoms with E-state index in [1.165, 1.54) is 0 Å². The van der Waals surface area contributed by atoms with E-state index < -0.39 is 17.9 Å². The number of halogens is 5. The fourth-order valence-corrected chi connectivity index (χ4v) is 2.81. The summed E-state index contributed by atoms with van der Waals surface area (Å²) < 4.78 is 44.2. The van der Waals surface area contributed by atoms with Crippen molar-refractivity contribution in [2.24, 2.45) is 0 Å². The maximum Gasteiger partial charge on any atom is 0.414 e. The molecule has 102 valence electrons. The molecule has 2 unspecified atom stereocenters. The van der Waals surface area contributed by atoms with E-state index in [1.54, 1.807) is 25.1 Å². The molecule has 0 aliphatic rings. The van der Waals surface area contributed by atoms with Gasteiger partial charge in [-0.1, -0.05) is 56.7 Å². The van der Waals surface area contributed by atoms with Crippen LogP contribution in [0.2, 0.25) is 0 Å². The van der Waals surface area contributed by atoms with E-state index in [4.69, 9.17) is 4.74 Å². The second-order valence-corrected chi connectivity index (χ2v) is 5.76. The zero-order valence-electron chi connectivity index (χ0n) is 9.89. The molecule has 0 heterocycles. The SMILES string of the molecule is CC(OC(C)(CI)c1ccccc1Br)C(F)(F)F. The summed E-state index contributed by atoms with van der Waals surface area (Å²) in [6, 6.07) is 7.16. The molecule has 1 aromatic carbocycles. The van der Waals surface area contributed by atoms with Crippen molar-refractivity contribution in [1.29, 1.82) is 0 Å². The summed E-state index contributed by atoms with van der Waals surface area (Å²) in [5.41, 5.74) is -0.259. The summed E-state index contributed by atoms with van der Waals surface area (Å²) in [6.45, 7) is 2.70. The molecule has 1 rings (SSSR count). The van der Waals surface area contributed by atoms with Crippen LogP contribution < -0.4 is 0 Å². The molecular formula is C12H13BrF3IO. The van der Waals surface area contributed by atoms with Gasteiger partial charge in [-0.3, -0.25) is 0 Å². The number of rotatable bonds is 4. The highest BCUT2D eigenvalue weighted by Gasteiger charge is 2.42. The van der Waals surface area contributed by atoms with Gasteiger partial charge in [0.25, 0.3) is 0 Å². The summed E-state index contributed by atoms with van der Waals surface area (Å²) in [5, 5.41) is 0. The number of hydrogen-bond donors (Lipinski definition) is 0. The number of benzene rings is 1. The van der Waals surface area contributed by atoms with Gasteiger partial charge in [-0.05, 0) is 25.5 Å². The maximum atomic E-state index is 12.6. The van der Waals surface area contributed by atoms with Gasteiger partial charge in [-0.15, -0.1) is 0 Å². The van der Waals surface area contributed by atoms with Crippen molar-refractivity contribution < 1.29 is 17.9 Å². The van der Waals surface area contributed by atoms with Crippen LogP contribution in [0.1, 0.15) is 19.4 Å². The molecule has 0 amide bonds. The Bertz CT molecular complexity index is 411. The molecule has 1 nitrogen and oxygen atoms in total. The Morgan fingerprint density at radius 1 is 1.33 bits per heavy atom. The third kappa shape index (κ3) is 3.84. The Labute approximate surface area is 126 Å². The summed E-state index contributed by atoms with van der Waals surface area (Å²) in [4.78, 5) is 0. The number of ether oxygens (including phenoxy) is 1. The zero-order valence-corrected chi connectivity index (χ0v) is 13.6. The van der Waals surface area contributed by atoms with E-state index in [2.05, 4.69) is 15.9 Å². The van der Waals surface area contributed by atoms with Gasteiger partial charge in [-0.25, -0.2) is 0 Å². The molecule has 6 heteroatoms. The van der Waals surface area contributed by atoms with Gasteiger partial charge in [0.1, 0.15) is 5.60 Å². The monoisotopic (exact) mass is 436 g/mol. The van der Waals surface area contributed by atoms with Crippen molar-refractivity contribution in [3.63, 3.8) is 0 Å². The van der Waals surface area contributed by atoms with Crippen LogP contribution in [0, 0.1) is 0 Å². The number of alkyl halides is 4. The predicted octanol–water partition coefficient (Wildman–Crippen LogP) is 5.07. The minimum absolute atomic E-state index is 0.424. The van der Waals surface area contributed by atoms with Gasteiger partial charge in [0.2, 0.25) is 0 Å².